The number of ether oxygens (including phenoxy) is 1. The summed E-state index contributed by atoms with van der Waals surface area (Å²) in [5.41, 5.74) is 0.853. The van der Waals surface area contributed by atoms with Gasteiger partial charge in [0.05, 0.1) is 24.2 Å². The molecule has 7 heteroatoms. The van der Waals surface area contributed by atoms with Crippen molar-refractivity contribution in [3.8, 4) is 0 Å². The number of hydrogen-bond donors (Lipinski definition) is 0. The van der Waals surface area contributed by atoms with E-state index in [-0.39, 0.29) is 18.0 Å². The van der Waals surface area contributed by atoms with Gasteiger partial charge < -0.3 is 14.5 Å². The molecular formula is C15H18FN3O3. The molecule has 0 radical (unpaired) electrons. The number of amides is 1. The normalized spacial score (nSPS) is 15.0. The summed E-state index contributed by atoms with van der Waals surface area (Å²) in [6.07, 6.45) is 1.49. The molecule has 118 valence electrons. The molecule has 0 unspecified atom stereocenters. The molecule has 1 heterocycles. The van der Waals surface area contributed by atoms with E-state index >= 15 is 0 Å². The van der Waals surface area contributed by atoms with Crippen LogP contribution in [0.5, 0.6) is 0 Å². The fourth-order valence-electron chi connectivity index (χ4n) is 2.16. The summed E-state index contributed by atoms with van der Waals surface area (Å²) in [4.78, 5) is 30.8. The number of benzene rings is 1. The lowest BCUT2D eigenvalue weighted by Gasteiger charge is -2.18. The quantitative estimate of drug-likeness (QED) is 0.478. The van der Waals surface area contributed by atoms with Crippen molar-refractivity contribution in [1.82, 2.24) is 4.90 Å². The summed E-state index contributed by atoms with van der Waals surface area (Å²) in [5.74, 6) is -1.12. The molecule has 2 rings (SSSR count). The lowest BCUT2D eigenvalue weighted by Crippen LogP contribution is -2.31. The molecule has 22 heavy (non-hydrogen) atoms. The van der Waals surface area contributed by atoms with Crippen LogP contribution in [0.25, 0.3) is 0 Å². The van der Waals surface area contributed by atoms with Crippen LogP contribution in [0, 0.1) is 5.82 Å². The number of carbonyl (C=O) groups excluding carboxylic acids is 2. The molecule has 0 aromatic heterocycles. The number of hydrogen-bond acceptors (Lipinski definition) is 4. The highest BCUT2D eigenvalue weighted by molar-refractivity contribution is 6.03. The Balaban J connectivity index is 2.22. The molecular weight excluding hydrogens is 289 g/mol. The molecule has 6 nitrogen and oxygen atoms in total. The van der Waals surface area contributed by atoms with Gasteiger partial charge in [-0.2, -0.15) is 0 Å². The molecule has 0 saturated carbocycles. The highest BCUT2D eigenvalue weighted by Crippen LogP contribution is 2.24. The van der Waals surface area contributed by atoms with Crippen LogP contribution in [-0.2, 0) is 9.53 Å². The number of nitrogens with zero attached hydrogens (tertiary/aromatic N) is 3. The van der Waals surface area contributed by atoms with E-state index in [9.17, 15) is 14.0 Å². The Morgan fingerprint density at radius 1 is 1.45 bits per heavy atom. The first kappa shape index (κ1) is 15.9. The second-order valence-electron chi connectivity index (χ2n) is 4.84. The number of esters is 1. The van der Waals surface area contributed by atoms with Gasteiger partial charge in [0.25, 0.3) is 5.91 Å². The van der Waals surface area contributed by atoms with Gasteiger partial charge in [0.2, 0.25) is 0 Å². The maximum atomic E-state index is 13.4. The first-order valence-corrected chi connectivity index (χ1v) is 7.00. The number of likely N-dealkylation sites (N-methyl/N-ethyl adjacent to an activating group) is 1. The van der Waals surface area contributed by atoms with Crippen LogP contribution >= 0.6 is 0 Å². The van der Waals surface area contributed by atoms with Crippen LogP contribution in [0.1, 0.15) is 17.3 Å². The smallest absolute Gasteiger partial charge is 0.327 e. The van der Waals surface area contributed by atoms with E-state index in [0.29, 0.717) is 25.4 Å². The summed E-state index contributed by atoms with van der Waals surface area (Å²) in [6, 6.07) is 4.05. The molecule has 0 fully saturated rings. The first-order chi connectivity index (χ1) is 10.5. The van der Waals surface area contributed by atoms with Crippen LogP contribution < -0.4 is 4.90 Å². The second kappa shape index (κ2) is 7.02. The van der Waals surface area contributed by atoms with Gasteiger partial charge in [-0.1, -0.05) is 0 Å². The van der Waals surface area contributed by atoms with Gasteiger partial charge in [-0.25, -0.2) is 4.39 Å². The number of fused-ring (bicyclic) bond motifs is 1. The van der Waals surface area contributed by atoms with E-state index < -0.39 is 11.8 Å². The number of aliphatic imine (C=N–C) groups is 1. The fourth-order valence-corrected chi connectivity index (χ4v) is 2.16. The fraction of sp³-hybridized carbons (Fsp3) is 0.400. The van der Waals surface area contributed by atoms with Gasteiger partial charge >= 0.3 is 5.97 Å². The molecule has 0 atom stereocenters. The van der Waals surface area contributed by atoms with Crippen molar-refractivity contribution in [1.29, 1.82) is 0 Å². The van der Waals surface area contributed by atoms with E-state index in [1.165, 1.54) is 29.4 Å². The molecule has 1 amide bonds. The third-order valence-electron chi connectivity index (χ3n) is 3.27. The Kier molecular flexibility index (Phi) is 5.08. The summed E-state index contributed by atoms with van der Waals surface area (Å²) in [6.45, 7) is 2.92. The third-order valence-corrected chi connectivity index (χ3v) is 3.27. The second-order valence-corrected chi connectivity index (χ2v) is 4.84. The predicted octanol–water partition coefficient (Wildman–Crippen LogP) is 1.31. The zero-order valence-corrected chi connectivity index (χ0v) is 12.6. The SMILES string of the molecule is CCOC(=O)CN=CN1CCN(C)C(=O)c2cc(F)ccc21. The Labute approximate surface area is 128 Å². The number of anilines is 1. The van der Waals surface area contributed by atoms with Gasteiger partial charge in [0.15, 0.2) is 0 Å². The van der Waals surface area contributed by atoms with E-state index in [1.54, 1.807) is 18.9 Å². The van der Waals surface area contributed by atoms with Gasteiger partial charge in [0.1, 0.15) is 12.4 Å². The molecule has 1 aromatic carbocycles. The summed E-state index contributed by atoms with van der Waals surface area (Å²) < 4.78 is 18.2. The molecule has 1 aliphatic rings. The zero-order valence-electron chi connectivity index (χ0n) is 12.6. The summed E-state index contributed by atoms with van der Waals surface area (Å²) in [7, 11) is 1.66. The minimum Gasteiger partial charge on any atom is -0.465 e. The van der Waals surface area contributed by atoms with E-state index in [4.69, 9.17) is 4.74 Å². The maximum Gasteiger partial charge on any atom is 0.327 e. The largest absolute Gasteiger partial charge is 0.465 e. The van der Waals surface area contributed by atoms with Crippen molar-refractivity contribution in [2.24, 2.45) is 4.99 Å². The van der Waals surface area contributed by atoms with Crippen molar-refractivity contribution in [3.05, 3.63) is 29.6 Å². The third kappa shape index (κ3) is 3.60. The number of rotatable bonds is 4. The molecule has 1 aliphatic heterocycles. The van der Waals surface area contributed by atoms with Crippen molar-refractivity contribution in [2.75, 3.05) is 38.2 Å². The van der Waals surface area contributed by atoms with Crippen LogP contribution in [0.4, 0.5) is 10.1 Å². The van der Waals surface area contributed by atoms with Crippen molar-refractivity contribution >= 4 is 23.9 Å². The highest BCUT2D eigenvalue weighted by atomic mass is 19.1. The summed E-state index contributed by atoms with van der Waals surface area (Å²) >= 11 is 0. The van der Waals surface area contributed by atoms with E-state index in [1.807, 2.05) is 0 Å². The Hall–Kier alpha value is -2.44. The minimum atomic E-state index is -0.467. The van der Waals surface area contributed by atoms with Crippen molar-refractivity contribution in [3.63, 3.8) is 0 Å². The van der Waals surface area contributed by atoms with E-state index in [0.717, 1.165) is 0 Å². The van der Waals surface area contributed by atoms with Crippen LogP contribution in [-0.4, -0.2) is 56.4 Å². The minimum absolute atomic E-state index is 0.0926. The first-order valence-electron chi connectivity index (χ1n) is 7.00. The zero-order chi connectivity index (χ0) is 16.1. The van der Waals surface area contributed by atoms with Gasteiger partial charge in [-0.15, -0.1) is 0 Å². The standard InChI is InChI=1S/C15H18FN3O3/c1-3-22-14(20)9-17-10-19-7-6-18(2)15(21)12-8-11(16)4-5-13(12)19/h4-5,8,10H,3,6-7,9H2,1-2H3. The molecule has 0 aliphatic carbocycles. The Morgan fingerprint density at radius 2 is 2.23 bits per heavy atom. The lowest BCUT2D eigenvalue weighted by molar-refractivity contribution is -0.141. The lowest BCUT2D eigenvalue weighted by atomic mass is 10.1. The Morgan fingerprint density at radius 3 is 2.95 bits per heavy atom. The maximum absolute atomic E-state index is 13.4. The van der Waals surface area contributed by atoms with Crippen LogP contribution in [0.15, 0.2) is 23.2 Å². The average Bonchev–Trinajstić information content (AvgIpc) is 2.60. The number of halogens is 1. The topological polar surface area (TPSA) is 62.2 Å². The van der Waals surface area contributed by atoms with Crippen molar-refractivity contribution < 1.29 is 18.7 Å². The molecule has 0 bridgehead atoms. The molecule has 1 aromatic rings. The van der Waals surface area contributed by atoms with E-state index in [2.05, 4.69) is 4.99 Å². The predicted molar refractivity (Wildman–Crippen MR) is 80.7 cm³/mol. The molecule has 0 spiro atoms. The van der Waals surface area contributed by atoms with Crippen LogP contribution in [0.3, 0.4) is 0 Å². The average molecular weight is 307 g/mol. The molecule has 0 saturated heterocycles. The highest BCUT2D eigenvalue weighted by Gasteiger charge is 2.24. The Bertz CT molecular complexity index is 604. The summed E-state index contributed by atoms with van der Waals surface area (Å²) in [5, 5.41) is 0. The van der Waals surface area contributed by atoms with Crippen molar-refractivity contribution in [2.45, 2.75) is 6.92 Å². The van der Waals surface area contributed by atoms with Gasteiger partial charge in [-0.05, 0) is 25.1 Å². The van der Waals surface area contributed by atoms with Crippen LogP contribution in [0.2, 0.25) is 0 Å². The van der Waals surface area contributed by atoms with Gasteiger partial charge in [0, 0.05) is 20.1 Å². The number of carbonyl (C=O) groups is 2. The monoisotopic (exact) mass is 307 g/mol. The van der Waals surface area contributed by atoms with Gasteiger partial charge in [-0.3, -0.25) is 14.6 Å². The molecule has 0 N–H and O–H groups in total.